The van der Waals surface area contributed by atoms with Crippen molar-refractivity contribution in [2.75, 3.05) is 13.7 Å². The van der Waals surface area contributed by atoms with Crippen LogP contribution < -0.4 is 10.1 Å². The maximum Gasteiger partial charge on any atom is 0.237 e. The molecular formula is C14H17FN4O. The van der Waals surface area contributed by atoms with Crippen LogP contribution in [0.25, 0.3) is 0 Å². The summed E-state index contributed by atoms with van der Waals surface area (Å²) in [6.07, 6.45) is 6.88. The van der Waals surface area contributed by atoms with E-state index < -0.39 is 0 Å². The number of aromatic nitrogens is 3. The molecule has 6 heteroatoms. The number of nitrogens with zero attached hydrogens (tertiary/aromatic N) is 3. The third kappa shape index (κ3) is 3.27. The third-order valence-corrected chi connectivity index (χ3v) is 2.82. The summed E-state index contributed by atoms with van der Waals surface area (Å²) >= 11 is 0. The molecule has 1 N–H and O–H groups in total. The second kappa shape index (κ2) is 6.91. The Hall–Kier alpha value is -2.08. The highest BCUT2D eigenvalue weighted by Gasteiger charge is 2.20. The van der Waals surface area contributed by atoms with E-state index in [1.165, 1.54) is 19.4 Å². The SMILES string of the molecule is CCCNC(c1cncc(F)c1)c1nccnc1OC. The van der Waals surface area contributed by atoms with Gasteiger partial charge in [0, 0.05) is 18.6 Å². The fourth-order valence-electron chi connectivity index (χ4n) is 1.94. The minimum Gasteiger partial charge on any atom is -0.480 e. The molecule has 0 saturated heterocycles. The maximum atomic E-state index is 13.4. The lowest BCUT2D eigenvalue weighted by atomic mass is 10.1. The summed E-state index contributed by atoms with van der Waals surface area (Å²) in [6, 6.07) is 1.14. The summed E-state index contributed by atoms with van der Waals surface area (Å²) in [4.78, 5) is 12.3. The summed E-state index contributed by atoms with van der Waals surface area (Å²) in [5.74, 6) is 0.0408. The highest BCUT2D eigenvalue weighted by molar-refractivity contribution is 5.31. The van der Waals surface area contributed by atoms with Crippen LogP contribution in [0.15, 0.2) is 30.9 Å². The molecule has 0 fully saturated rings. The molecule has 0 amide bonds. The molecule has 2 heterocycles. The number of methoxy groups -OCH3 is 1. The molecule has 5 nitrogen and oxygen atoms in total. The summed E-state index contributed by atoms with van der Waals surface area (Å²) in [5, 5.41) is 3.31. The zero-order chi connectivity index (χ0) is 14.4. The van der Waals surface area contributed by atoms with Crippen molar-refractivity contribution in [3.63, 3.8) is 0 Å². The van der Waals surface area contributed by atoms with Gasteiger partial charge in [0.15, 0.2) is 0 Å². The van der Waals surface area contributed by atoms with Gasteiger partial charge in [-0.15, -0.1) is 0 Å². The van der Waals surface area contributed by atoms with Gasteiger partial charge in [0.25, 0.3) is 0 Å². The van der Waals surface area contributed by atoms with Gasteiger partial charge in [-0.2, -0.15) is 0 Å². The van der Waals surface area contributed by atoms with Gasteiger partial charge in [-0.05, 0) is 24.6 Å². The van der Waals surface area contributed by atoms with Gasteiger partial charge < -0.3 is 10.1 Å². The number of ether oxygens (including phenoxy) is 1. The van der Waals surface area contributed by atoms with Crippen LogP contribution in [0.2, 0.25) is 0 Å². The normalized spacial score (nSPS) is 12.2. The van der Waals surface area contributed by atoms with Gasteiger partial charge in [0.05, 0.1) is 19.3 Å². The molecule has 2 rings (SSSR count). The highest BCUT2D eigenvalue weighted by Crippen LogP contribution is 2.26. The van der Waals surface area contributed by atoms with Crippen LogP contribution in [0, 0.1) is 5.82 Å². The molecule has 0 saturated carbocycles. The van der Waals surface area contributed by atoms with E-state index in [-0.39, 0.29) is 11.9 Å². The second-order valence-corrected chi connectivity index (χ2v) is 4.27. The number of pyridine rings is 1. The predicted molar refractivity (Wildman–Crippen MR) is 72.9 cm³/mol. The van der Waals surface area contributed by atoms with E-state index >= 15 is 0 Å². The van der Waals surface area contributed by atoms with Crippen molar-refractivity contribution in [3.8, 4) is 5.88 Å². The minimum atomic E-state index is -0.381. The highest BCUT2D eigenvalue weighted by atomic mass is 19.1. The Bertz CT molecular complexity index is 564. The Morgan fingerprint density at radius 3 is 2.80 bits per heavy atom. The molecule has 2 aromatic heterocycles. The first-order chi connectivity index (χ1) is 9.76. The molecule has 0 aliphatic rings. The largest absolute Gasteiger partial charge is 0.480 e. The third-order valence-electron chi connectivity index (χ3n) is 2.82. The first-order valence-electron chi connectivity index (χ1n) is 6.45. The van der Waals surface area contributed by atoms with Crippen LogP contribution in [0.5, 0.6) is 5.88 Å². The Labute approximate surface area is 117 Å². The summed E-state index contributed by atoms with van der Waals surface area (Å²) in [6.45, 7) is 2.82. The topological polar surface area (TPSA) is 59.9 Å². The number of rotatable bonds is 6. The average Bonchev–Trinajstić information content (AvgIpc) is 2.48. The molecule has 106 valence electrons. The van der Waals surface area contributed by atoms with Crippen molar-refractivity contribution in [2.45, 2.75) is 19.4 Å². The van der Waals surface area contributed by atoms with Gasteiger partial charge in [-0.25, -0.2) is 9.37 Å². The smallest absolute Gasteiger partial charge is 0.237 e. The van der Waals surface area contributed by atoms with Crippen LogP contribution >= 0.6 is 0 Å². The Morgan fingerprint density at radius 1 is 1.30 bits per heavy atom. The van der Waals surface area contributed by atoms with Crippen molar-refractivity contribution in [3.05, 3.63) is 47.9 Å². The summed E-state index contributed by atoms with van der Waals surface area (Å²) in [7, 11) is 1.54. The van der Waals surface area contributed by atoms with E-state index in [1.807, 2.05) is 0 Å². The van der Waals surface area contributed by atoms with Crippen LogP contribution in [0.3, 0.4) is 0 Å². The molecule has 1 atom stereocenters. The quantitative estimate of drug-likeness (QED) is 0.875. The molecule has 0 spiro atoms. The van der Waals surface area contributed by atoms with Gasteiger partial charge in [0.1, 0.15) is 11.5 Å². The first-order valence-corrected chi connectivity index (χ1v) is 6.45. The second-order valence-electron chi connectivity index (χ2n) is 4.27. The molecule has 2 aromatic rings. The van der Waals surface area contributed by atoms with Crippen LogP contribution in [0.1, 0.15) is 30.6 Å². The number of nitrogens with one attached hydrogen (secondary N) is 1. The minimum absolute atomic E-state index is 0.304. The predicted octanol–water partition coefficient (Wildman–Crippen LogP) is 2.11. The van der Waals surface area contributed by atoms with Crippen molar-refractivity contribution in [1.82, 2.24) is 20.3 Å². The van der Waals surface area contributed by atoms with Crippen molar-refractivity contribution in [2.24, 2.45) is 0 Å². The lowest BCUT2D eigenvalue weighted by Gasteiger charge is -2.19. The summed E-state index contributed by atoms with van der Waals surface area (Å²) in [5.41, 5.74) is 1.31. The lowest BCUT2D eigenvalue weighted by Crippen LogP contribution is -2.25. The van der Waals surface area contributed by atoms with Gasteiger partial charge in [0.2, 0.25) is 5.88 Å². The van der Waals surface area contributed by atoms with E-state index in [1.54, 1.807) is 18.6 Å². The zero-order valence-electron chi connectivity index (χ0n) is 11.5. The monoisotopic (exact) mass is 276 g/mol. The molecule has 0 radical (unpaired) electrons. The average molecular weight is 276 g/mol. The van der Waals surface area contributed by atoms with Gasteiger partial charge in [-0.3, -0.25) is 9.97 Å². The van der Waals surface area contributed by atoms with Crippen LogP contribution in [-0.4, -0.2) is 28.6 Å². The number of hydrogen-bond acceptors (Lipinski definition) is 5. The number of hydrogen-bond donors (Lipinski definition) is 1. The lowest BCUT2D eigenvalue weighted by molar-refractivity contribution is 0.382. The molecule has 0 aliphatic heterocycles. The van der Waals surface area contributed by atoms with Crippen molar-refractivity contribution < 1.29 is 9.13 Å². The van der Waals surface area contributed by atoms with E-state index in [0.717, 1.165) is 13.0 Å². The Balaban J connectivity index is 2.41. The van der Waals surface area contributed by atoms with Crippen molar-refractivity contribution >= 4 is 0 Å². The molecule has 0 bridgehead atoms. The fourth-order valence-corrected chi connectivity index (χ4v) is 1.94. The van der Waals surface area contributed by atoms with Crippen LogP contribution in [0.4, 0.5) is 4.39 Å². The number of halogens is 1. The van der Waals surface area contributed by atoms with E-state index in [4.69, 9.17) is 4.74 Å². The summed E-state index contributed by atoms with van der Waals surface area (Å²) < 4.78 is 18.6. The van der Waals surface area contributed by atoms with Crippen molar-refractivity contribution in [1.29, 1.82) is 0 Å². The van der Waals surface area contributed by atoms with Crippen LogP contribution in [-0.2, 0) is 0 Å². The maximum absolute atomic E-state index is 13.4. The zero-order valence-corrected chi connectivity index (χ0v) is 11.5. The molecule has 0 aliphatic carbocycles. The Kier molecular flexibility index (Phi) is 4.95. The van der Waals surface area contributed by atoms with E-state index in [0.29, 0.717) is 17.1 Å². The standard InChI is InChI=1S/C14H17FN4O/c1-3-4-17-12(10-7-11(15)9-16-8-10)13-14(20-2)19-6-5-18-13/h5-9,12,17H,3-4H2,1-2H3. The van der Waals surface area contributed by atoms with E-state index in [9.17, 15) is 4.39 Å². The molecule has 20 heavy (non-hydrogen) atoms. The van der Waals surface area contributed by atoms with Gasteiger partial charge >= 0.3 is 0 Å². The first kappa shape index (κ1) is 14.3. The van der Waals surface area contributed by atoms with E-state index in [2.05, 4.69) is 27.2 Å². The molecular weight excluding hydrogens is 259 g/mol. The molecule has 1 unspecified atom stereocenters. The Morgan fingerprint density at radius 2 is 2.10 bits per heavy atom. The van der Waals surface area contributed by atoms with Gasteiger partial charge in [-0.1, -0.05) is 6.92 Å². The molecule has 0 aromatic carbocycles. The fraction of sp³-hybridized carbons (Fsp3) is 0.357.